The molecule has 0 spiro atoms. The maximum Gasteiger partial charge on any atom is 0.419 e. The van der Waals surface area contributed by atoms with E-state index in [9.17, 15) is 14.4 Å². The van der Waals surface area contributed by atoms with E-state index in [1.807, 2.05) is 30.3 Å². The second-order valence-electron chi connectivity index (χ2n) is 9.76. The van der Waals surface area contributed by atoms with Crippen molar-refractivity contribution in [2.24, 2.45) is 7.05 Å². The van der Waals surface area contributed by atoms with E-state index in [0.29, 0.717) is 33.5 Å². The number of fused-ring (bicyclic) bond motifs is 1. The van der Waals surface area contributed by atoms with Crippen LogP contribution >= 0.6 is 0 Å². The van der Waals surface area contributed by atoms with Gasteiger partial charge in [-0.1, -0.05) is 30.3 Å². The Bertz CT molecular complexity index is 1530. The second-order valence-corrected chi connectivity index (χ2v) is 9.76. The summed E-state index contributed by atoms with van der Waals surface area (Å²) in [6, 6.07) is 14.7. The molecule has 4 rings (SSSR count). The minimum Gasteiger partial charge on any atom is -0.495 e. The van der Waals surface area contributed by atoms with Gasteiger partial charge in [-0.05, 0) is 51.5 Å². The summed E-state index contributed by atoms with van der Waals surface area (Å²) in [5.74, 6) is 0.458. The maximum atomic E-state index is 13.3. The van der Waals surface area contributed by atoms with Gasteiger partial charge in [0.25, 0.3) is 5.56 Å². The Hall–Kier alpha value is -4.11. The van der Waals surface area contributed by atoms with Gasteiger partial charge in [0.2, 0.25) is 0 Å². The molecular weight excluding hydrogens is 474 g/mol. The third kappa shape index (κ3) is 5.08. The third-order valence-corrected chi connectivity index (χ3v) is 5.98. The Morgan fingerprint density at radius 3 is 2.35 bits per heavy atom. The summed E-state index contributed by atoms with van der Waals surface area (Å²) in [6.45, 7) is 7.14. The van der Waals surface area contributed by atoms with Crippen molar-refractivity contribution < 1.29 is 19.0 Å². The fraction of sp³-hybridized carbons (Fsp3) is 0.321. The number of aromatic nitrogens is 3. The molecule has 0 bridgehead atoms. The highest BCUT2D eigenvalue weighted by Crippen LogP contribution is 2.36. The Morgan fingerprint density at radius 2 is 1.70 bits per heavy atom. The molecule has 0 unspecified atom stereocenters. The van der Waals surface area contributed by atoms with Crippen molar-refractivity contribution in [2.45, 2.75) is 46.6 Å². The summed E-state index contributed by atoms with van der Waals surface area (Å²) in [4.78, 5) is 39.4. The number of nitrogens with zero attached hydrogens (tertiary/aromatic N) is 3. The van der Waals surface area contributed by atoms with Crippen molar-refractivity contribution in [3.05, 3.63) is 86.7 Å². The highest BCUT2D eigenvalue weighted by Gasteiger charge is 2.24. The van der Waals surface area contributed by atoms with Crippen molar-refractivity contribution in [3.63, 3.8) is 0 Å². The number of hydrogen-bond acceptors (Lipinski definition) is 6. The van der Waals surface area contributed by atoms with Crippen LogP contribution < -0.4 is 16.0 Å². The first kappa shape index (κ1) is 26.0. The first-order valence-corrected chi connectivity index (χ1v) is 11.9. The molecule has 0 saturated heterocycles. The van der Waals surface area contributed by atoms with Crippen LogP contribution in [0.25, 0.3) is 22.2 Å². The molecule has 9 heteroatoms. The van der Waals surface area contributed by atoms with E-state index in [2.05, 4.69) is 0 Å². The number of ether oxygens (including phenoxy) is 3. The fourth-order valence-electron chi connectivity index (χ4n) is 4.31. The summed E-state index contributed by atoms with van der Waals surface area (Å²) in [5, 5.41) is 0.640. The van der Waals surface area contributed by atoms with E-state index in [1.165, 1.54) is 16.2 Å². The van der Waals surface area contributed by atoms with Crippen LogP contribution in [0.3, 0.4) is 0 Å². The molecule has 0 aliphatic carbocycles. The number of carbonyl (C=O) groups excluding carboxylic acids is 1. The van der Waals surface area contributed by atoms with E-state index in [0.717, 1.165) is 10.1 Å². The minimum atomic E-state index is -0.688. The lowest BCUT2D eigenvalue weighted by molar-refractivity contribution is 0.0543. The summed E-state index contributed by atoms with van der Waals surface area (Å²) >= 11 is 0. The standard InChI is InChI=1S/C28H31N3O6/c1-18-23(29(5)26(33)31(25(18)32)17-36-16-19-10-8-7-9-11-19)20-12-13-22(35-6)24-21(20)14-15-30(24)27(34)37-28(2,3)4/h7-15H,16-17H2,1-6H3. The molecule has 0 N–H and O–H groups in total. The van der Waals surface area contributed by atoms with E-state index < -0.39 is 22.9 Å². The predicted octanol–water partition coefficient (Wildman–Crippen LogP) is 4.44. The first-order chi connectivity index (χ1) is 17.5. The van der Waals surface area contributed by atoms with Crippen LogP contribution in [0, 0.1) is 6.92 Å². The fourth-order valence-corrected chi connectivity index (χ4v) is 4.31. The minimum absolute atomic E-state index is 0.172. The molecule has 9 nitrogen and oxygen atoms in total. The second kappa shape index (κ2) is 10.1. The van der Waals surface area contributed by atoms with Gasteiger partial charge in [-0.25, -0.2) is 18.7 Å². The first-order valence-electron chi connectivity index (χ1n) is 11.9. The van der Waals surface area contributed by atoms with Gasteiger partial charge in [0.05, 0.1) is 19.4 Å². The van der Waals surface area contributed by atoms with Crippen LogP contribution in [0.1, 0.15) is 31.9 Å². The van der Waals surface area contributed by atoms with Crippen molar-refractivity contribution in [3.8, 4) is 17.0 Å². The molecule has 4 aromatic rings. The number of rotatable bonds is 6. The van der Waals surface area contributed by atoms with E-state index in [-0.39, 0.29) is 13.3 Å². The molecule has 2 aromatic heterocycles. The molecular formula is C28H31N3O6. The van der Waals surface area contributed by atoms with Gasteiger partial charge in [-0.15, -0.1) is 0 Å². The lowest BCUT2D eigenvalue weighted by Crippen LogP contribution is -2.41. The zero-order chi connectivity index (χ0) is 26.9. The topological polar surface area (TPSA) is 93.7 Å². The highest BCUT2D eigenvalue weighted by molar-refractivity contribution is 6.02. The quantitative estimate of drug-likeness (QED) is 0.385. The molecule has 0 aliphatic rings. The van der Waals surface area contributed by atoms with Crippen LogP contribution in [0.5, 0.6) is 5.75 Å². The van der Waals surface area contributed by atoms with Crippen LogP contribution in [0.2, 0.25) is 0 Å². The molecule has 2 aromatic carbocycles. The Morgan fingerprint density at radius 1 is 1.00 bits per heavy atom. The van der Waals surface area contributed by atoms with Gasteiger partial charge in [0.1, 0.15) is 23.6 Å². The van der Waals surface area contributed by atoms with Crippen molar-refractivity contribution in [1.29, 1.82) is 0 Å². The average molecular weight is 506 g/mol. The normalized spacial score (nSPS) is 11.6. The Labute approximate surface area is 214 Å². The zero-order valence-electron chi connectivity index (χ0n) is 21.9. The van der Waals surface area contributed by atoms with E-state index in [1.54, 1.807) is 59.1 Å². The summed E-state index contributed by atoms with van der Waals surface area (Å²) in [6.07, 6.45) is 1.03. The number of carbonyl (C=O) groups is 1. The van der Waals surface area contributed by atoms with Crippen molar-refractivity contribution in [2.75, 3.05) is 7.11 Å². The van der Waals surface area contributed by atoms with E-state index in [4.69, 9.17) is 14.2 Å². The summed E-state index contributed by atoms with van der Waals surface area (Å²) in [5.41, 5.74) is 1.23. The molecule has 0 saturated carbocycles. The van der Waals surface area contributed by atoms with Crippen LogP contribution in [-0.4, -0.2) is 32.5 Å². The predicted molar refractivity (Wildman–Crippen MR) is 141 cm³/mol. The van der Waals surface area contributed by atoms with Crippen LogP contribution in [-0.2, 0) is 29.9 Å². The third-order valence-electron chi connectivity index (χ3n) is 5.98. The summed E-state index contributed by atoms with van der Waals surface area (Å²) in [7, 11) is 3.12. The molecule has 2 heterocycles. The largest absolute Gasteiger partial charge is 0.495 e. The van der Waals surface area contributed by atoms with Crippen molar-refractivity contribution in [1.82, 2.24) is 13.7 Å². The van der Waals surface area contributed by atoms with Crippen molar-refractivity contribution >= 4 is 17.0 Å². The van der Waals surface area contributed by atoms with Crippen LogP contribution in [0.4, 0.5) is 4.79 Å². The SMILES string of the molecule is COc1ccc(-c2c(C)c(=O)n(COCc3ccccc3)c(=O)n2C)c2ccn(C(=O)OC(C)(C)C)c12. The lowest BCUT2D eigenvalue weighted by atomic mass is 10.0. The lowest BCUT2D eigenvalue weighted by Gasteiger charge is -2.20. The van der Waals surface area contributed by atoms with Gasteiger partial charge < -0.3 is 14.2 Å². The number of hydrogen-bond donors (Lipinski definition) is 0. The average Bonchev–Trinajstić information content (AvgIpc) is 3.31. The van der Waals surface area contributed by atoms with Gasteiger partial charge in [-0.3, -0.25) is 9.36 Å². The molecule has 0 amide bonds. The molecule has 0 radical (unpaired) electrons. The monoisotopic (exact) mass is 505 g/mol. The number of methoxy groups -OCH3 is 1. The molecule has 37 heavy (non-hydrogen) atoms. The van der Waals surface area contributed by atoms with Gasteiger partial charge in [0.15, 0.2) is 0 Å². The Kier molecular flexibility index (Phi) is 7.09. The zero-order valence-corrected chi connectivity index (χ0v) is 21.9. The van der Waals surface area contributed by atoms with E-state index >= 15 is 0 Å². The van der Waals surface area contributed by atoms with Gasteiger partial charge in [0, 0.05) is 29.8 Å². The van der Waals surface area contributed by atoms with Gasteiger partial charge in [-0.2, -0.15) is 0 Å². The molecule has 194 valence electrons. The Balaban J connectivity index is 1.79. The smallest absolute Gasteiger partial charge is 0.419 e. The number of benzene rings is 2. The summed E-state index contributed by atoms with van der Waals surface area (Å²) < 4.78 is 20.6. The van der Waals surface area contributed by atoms with Crippen LogP contribution in [0.15, 0.2) is 64.3 Å². The molecule has 0 aliphatic heterocycles. The molecule has 0 fully saturated rings. The molecule has 0 atom stereocenters. The van der Waals surface area contributed by atoms with Gasteiger partial charge >= 0.3 is 11.8 Å². The highest BCUT2D eigenvalue weighted by atomic mass is 16.6. The maximum absolute atomic E-state index is 13.3.